The van der Waals surface area contributed by atoms with E-state index in [0.717, 1.165) is 19.3 Å². The topological polar surface area (TPSA) is 80.6 Å². The number of carbonyl (C=O) groups excluding carboxylic acids is 1. The van der Waals surface area contributed by atoms with Crippen LogP contribution in [0.5, 0.6) is 17.2 Å². The molecule has 2 aromatic rings. The molecule has 0 saturated carbocycles. The fraction of sp³-hybridized carbons (Fsp3) is 0.333. The second kappa shape index (κ2) is 11.5. The maximum absolute atomic E-state index is 12.6. The number of nitrogens with one attached hydrogen (secondary N) is 1. The molecule has 1 N–H and O–H groups in total. The highest BCUT2D eigenvalue weighted by atomic mass is 16.5. The van der Waals surface area contributed by atoms with Crippen molar-refractivity contribution in [3.05, 3.63) is 53.1 Å². The van der Waals surface area contributed by atoms with Crippen molar-refractivity contribution in [3.63, 3.8) is 0 Å². The molecule has 0 atom stereocenters. The van der Waals surface area contributed by atoms with Crippen LogP contribution in [-0.4, -0.2) is 26.7 Å². The Morgan fingerprint density at radius 3 is 2.23 bits per heavy atom. The summed E-state index contributed by atoms with van der Waals surface area (Å²) < 4.78 is 16.3. The van der Waals surface area contributed by atoms with Gasteiger partial charge in [0.1, 0.15) is 11.6 Å². The highest BCUT2D eigenvalue weighted by Gasteiger charge is 2.15. The van der Waals surface area contributed by atoms with Crippen molar-refractivity contribution in [2.75, 3.05) is 26.1 Å². The third-order valence-electron chi connectivity index (χ3n) is 4.48. The molecule has 0 radical (unpaired) electrons. The second-order valence-electron chi connectivity index (χ2n) is 6.61. The number of carbonyl (C=O) groups is 1. The summed E-state index contributed by atoms with van der Waals surface area (Å²) in [7, 11) is 3.04. The fourth-order valence-corrected chi connectivity index (χ4v) is 2.92. The van der Waals surface area contributed by atoms with Gasteiger partial charge in [0.05, 0.1) is 20.8 Å². The second-order valence-corrected chi connectivity index (χ2v) is 6.61. The molecule has 0 spiro atoms. The number of hydrogen-bond donors (Lipinski definition) is 1. The molecule has 0 saturated heterocycles. The molecule has 0 fully saturated rings. The smallest absolute Gasteiger partial charge is 0.266 e. The van der Waals surface area contributed by atoms with E-state index in [-0.39, 0.29) is 5.57 Å². The van der Waals surface area contributed by atoms with Crippen molar-refractivity contribution in [2.24, 2.45) is 0 Å². The van der Waals surface area contributed by atoms with Crippen LogP contribution in [0.15, 0.2) is 42.0 Å². The van der Waals surface area contributed by atoms with Crippen LogP contribution in [0, 0.1) is 11.3 Å². The summed E-state index contributed by atoms with van der Waals surface area (Å²) in [6.45, 7) is 4.46. The summed E-state index contributed by atoms with van der Waals surface area (Å²) >= 11 is 0. The van der Waals surface area contributed by atoms with E-state index in [4.69, 9.17) is 14.2 Å². The van der Waals surface area contributed by atoms with Gasteiger partial charge in [0, 0.05) is 5.69 Å². The quantitative estimate of drug-likeness (QED) is 0.442. The summed E-state index contributed by atoms with van der Waals surface area (Å²) in [5.74, 6) is 0.919. The molecule has 30 heavy (non-hydrogen) atoms. The van der Waals surface area contributed by atoms with Crippen LogP contribution in [-0.2, 0) is 11.2 Å². The van der Waals surface area contributed by atoms with Gasteiger partial charge in [-0.15, -0.1) is 0 Å². The van der Waals surface area contributed by atoms with Gasteiger partial charge in [-0.05, 0) is 61.2 Å². The van der Waals surface area contributed by atoms with E-state index >= 15 is 0 Å². The molecule has 0 aromatic heterocycles. The molecule has 0 aliphatic heterocycles. The van der Waals surface area contributed by atoms with Gasteiger partial charge in [0.25, 0.3) is 5.91 Å². The lowest BCUT2D eigenvalue weighted by Crippen LogP contribution is -2.13. The normalized spacial score (nSPS) is 10.8. The summed E-state index contributed by atoms with van der Waals surface area (Å²) in [6, 6.07) is 13.0. The van der Waals surface area contributed by atoms with Gasteiger partial charge in [-0.2, -0.15) is 5.26 Å². The Labute approximate surface area is 178 Å². The van der Waals surface area contributed by atoms with E-state index in [1.165, 1.54) is 25.9 Å². The van der Waals surface area contributed by atoms with E-state index in [1.54, 1.807) is 12.1 Å². The largest absolute Gasteiger partial charge is 0.493 e. The maximum atomic E-state index is 12.6. The molecular weight excluding hydrogens is 380 g/mol. The minimum atomic E-state index is -0.481. The molecule has 0 heterocycles. The number of unbranched alkanes of at least 4 members (excludes halogenated alkanes) is 1. The number of amides is 1. The fourth-order valence-electron chi connectivity index (χ4n) is 2.92. The van der Waals surface area contributed by atoms with Crippen molar-refractivity contribution in [1.29, 1.82) is 5.26 Å². The number of nitriles is 1. The minimum Gasteiger partial charge on any atom is -0.493 e. The van der Waals surface area contributed by atoms with E-state index in [0.29, 0.717) is 35.1 Å². The van der Waals surface area contributed by atoms with Crippen LogP contribution in [0.25, 0.3) is 6.08 Å². The highest BCUT2D eigenvalue weighted by molar-refractivity contribution is 6.09. The molecule has 6 heteroatoms. The molecule has 1 amide bonds. The zero-order chi connectivity index (χ0) is 21.9. The average molecular weight is 408 g/mol. The number of ether oxygens (including phenoxy) is 3. The number of nitrogens with zero attached hydrogens (tertiary/aromatic N) is 1. The Balaban J connectivity index is 2.24. The minimum absolute atomic E-state index is 0.0293. The van der Waals surface area contributed by atoms with Gasteiger partial charge in [0.15, 0.2) is 11.5 Å². The summed E-state index contributed by atoms with van der Waals surface area (Å²) in [5, 5.41) is 12.3. The van der Waals surface area contributed by atoms with Gasteiger partial charge in [-0.1, -0.05) is 25.5 Å². The van der Waals surface area contributed by atoms with E-state index in [1.807, 2.05) is 37.3 Å². The Kier molecular flexibility index (Phi) is 8.76. The van der Waals surface area contributed by atoms with E-state index in [9.17, 15) is 10.1 Å². The van der Waals surface area contributed by atoms with Crippen LogP contribution in [0.1, 0.15) is 37.8 Å². The monoisotopic (exact) mass is 408 g/mol. The predicted molar refractivity (Wildman–Crippen MR) is 118 cm³/mol. The number of benzene rings is 2. The highest BCUT2D eigenvalue weighted by Crippen LogP contribution is 2.39. The summed E-state index contributed by atoms with van der Waals surface area (Å²) in [4.78, 5) is 12.6. The zero-order valence-corrected chi connectivity index (χ0v) is 18.0. The van der Waals surface area contributed by atoms with Crippen LogP contribution < -0.4 is 19.5 Å². The maximum Gasteiger partial charge on any atom is 0.266 e. The average Bonchev–Trinajstić information content (AvgIpc) is 2.77. The molecule has 158 valence electrons. The molecule has 0 unspecified atom stereocenters. The van der Waals surface area contributed by atoms with Crippen molar-refractivity contribution < 1.29 is 19.0 Å². The number of anilines is 1. The van der Waals surface area contributed by atoms with Crippen molar-refractivity contribution >= 4 is 17.7 Å². The third kappa shape index (κ3) is 6.02. The lowest BCUT2D eigenvalue weighted by Gasteiger charge is -2.14. The Hall–Kier alpha value is -3.46. The molecule has 6 nitrogen and oxygen atoms in total. The number of hydrogen-bond acceptors (Lipinski definition) is 5. The SMILES string of the molecule is CCCCc1ccc(NC(=O)/C(C#N)=C/c2cc(OC)c(OCC)c(OC)c2)cc1. The zero-order valence-electron chi connectivity index (χ0n) is 18.0. The molecule has 0 bridgehead atoms. The lowest BCUT2D eigenvalue weighted by molar-refractivity contribution is -0.112. The summed E-state index contributed by atoms with van der Waals surface area (Å²) in [6.07, 6.45) is 4.76. The first-order valence-electron chi connectivity index (χ1n) is 9.97. The number of aryl methyl sites for hydroxylation is 1. The Bertz CT molecular complexity index is 902. The van der Waals surface area contributed by atoms with Crippen LogP contribution >= 0.6 is 0 Å². The van der Waals surface area contributed by atoms with Gasteiger partial charge < -0.3 is 19.5 Å². The van der Waals surface area contributed by atoms with Crippen LogP contribution in [0.2, 0.25) is 0 Å². The van der Waals surface area contributed by atoms with Gasteiger partial charge in [-0.25, -0.2) is 0 Å². The molecular formula is C24H28N2O4. The molecule has 0 aliphatic carbocycles. The van der Waals surface area contributed by atoms with Crippen molar-refractivity contribution in [1.82, 2.24) is 0 Å². The van der Waals surface area contributed by atoms with Gasteiger partial charge in [-0.3, -0.25) is 4.79 Å². The number of rotatable bonds is 10. The summed E-state index contributed by atoms with van der Waals surface area (Å²) in [5.41, 5.74) is 2.43. The first-order chi connectivity index (χ1) is 14.6. The first kappa shape index (κ1) is 22.8. The predicted octanol–water partition coefficient (Wildman–Crippen LogP) is 4.99. The van der Waals surface area contributed by atoms with E-state index < -0.39 is 5.91 Å². The number of methoxy groups -OCH3 is 2. The Morgan fingerprint density at radius 2 is 1.73 bits per heavy atom. The van der Waals surface area contributed by atoms with Gasteiger partial charge >= 0.3 is 0 Å². The first-order valence-corrected chi connectivity index (χ1v) is 9.97. The van der Waals surface area contributed by atoms with Crippen LogP contribution in [0.4, 0.5) is 5.69 Å². The van der Waals surface area contributed by atoms with Crippen molar-refractivity contribution in [3.8, 4) is 23.3 Å². The lowest BCUT2D eigenvalue weighted by atomic mass is 10.1. The van der Waals surface area contributed by atoms with Crippen molar-refractivity contribution in [2.45, 2.75) is 33.1 Å². The third-order valence-corrected chi connectivity index (χ3v) is 4.48. The standard InChI is InChI=1S/C24H28N2O4/c1-5-7-8-17-9-11-20(12-10-17)26-24(27)19(16-25)13-18-14-21(28-3)23(30-6-2)22(15-18)29-4/h9-15H,5-8H2,1-4H3,(H,26,27)/b19-13+. The Morgan fingerprint density at radius 1 is 1.10 bits per heavy atom. The van der Waals surface area contributed by atoms with Gasteiger partial charge in [0.2, 0.25) is 5.75 Å². The van der Waals surface area contributed by atoms with Crippen LogP contribution in [0.3, 0.4) is 0 Å². The molecule has 2 rings (SSSR count). The molecule has 0 aliphatic rings. The molecule has 2 aromatic carbocycles. The van der Waals surface area contributed by atoms with E-state index in [2.05, 4.69) is 12.2 Å².